The van der Waals surface area contributed by atoms with E-state index in [1.165, 1.54) is 18.4 Å². The second kappa shape index (κ2) is 4.30. The average molecular weight is 228 g/mol. The van der Waals surface area contributed by atoms with Gasteiger partial charge in [-0.25, -0.2) is 12.7 Å². The Kier molecular flexibility index (Phi) is 3.49. The van der Waals surface area contributed by atoms with E-state index in [4.69, 9.17) is 5.73 Å². The highest BCUT2D eigenvalue weighted by atomic mass is 32.2. The second-order valence-electron chi connectivity index (χ2n) is 3.65. The topological polar surface area (TPSA) is 63.4 Å². The van der Waals surface area contributed by atoms with E-state index in [-0.39, 0.29) is 10.9 Å². The molecule has 1 atom stereocenters. The molecule has 1 aromatic carbocycles. The zero-order valence-electron chi connectivity index (χ0n) is 9.14. The van der Waals surface area contributed by atoms with Gasteiger partial charge in [-0.2, -0.15) is 0 Å². The van der Waals surface area contributed by atoms with Crippen molar-refractivity contribution in [2.24, 2.45) is 5.73 Å². The Hall–Kier alpha value is -0.910. The van der Waals surface area contributed by atoms with Crippen molar-refractivity contribution >= 4 is 10.0 Å². The van der Waals surface area contributed by atoms with Crippen molar-refractivity contribution in [1.29, 1.82) is 0 Å². The van der Waals surface area contributed by atoms with E-state index in [1.807, 2.05) is 13.0 Å². The molecule has 0 saturated heterocycles. The molecule has 0 aromatic heterocycles. The molecule has 5 heteroatoms. The number of benzene rings is 1. The Morgan fingerprint density at radius 2 is 1.93 bits per heavy atom. The number of hydrogen-bond acceptors (Lipinski definition) is 3. The van der Waals surface area contributed by atoms with E-state index in [1.54, 1.807) is 18.2 Å². The van der Waals surface area contributed by atoms with Crippen molar-refractivity contribution in [3.05, 3.63) is 29.8 Å². The SMILES string of the molecule is CC(N)c1cccc(S(=O)(=O)N(C)C)c1. The van der Waals surface area contributed by atoms with Crippen LogP contribution in [0.3, 0.4) is 0 Å². The lowest BCUT2D eigenvalue weighted by atomic mass is 10.1. The van der Waals surface area contributed by atoms with Crippen molar-refractivity contribution < 1.29 is 8.42 Å². The Balaban J connectivity index is 3.23. The van der Waals surface area contributed by atoms with Gasteiger partial charge in [-0.05, 0) is 24.6 Å². The number of nitrogens with two attached hydrogens (primary N) is 1. The van der Waals surface area contributed by atoms with Crippen LogP contribution in [0.1, 0.15) is 18.5 Å². The fraction of sp³-hybridized carbons (Fsp3) is 0.400. The quantitative estimate of drug-likeness (QED) is 0.838. The van der Waals surface area contributed by atoms with Crippen LogP contribution < -0.4 is 5.73 Å². The maximum atomic E-state index is 11.8. The summed E-state index contributed by atoms with van der Waals surface area (Å²) < 4.78 is 24.8. The van der Waals surface area contributed by atoms with E-state index in [0.717, 1.165) is 5.56 Å². The van der Waals surface area contributed by atoms with Gasteiger partial charge < -0.3 is 5.73 Å². The second-order valence-corrected chi connectivity index (χ2v) is 5.80. The third-order valence-corrected chi connectivity index (χ3v) is 3.97. The molecule has 0 radical (unpaired) electrons. The van der Waals surface area contributed by atoms with Crippen LogP contribution in [0.2, 0.25) is 0 Å². The van der Waals surface area contributed by atoms with Gasteiger partial charge in [0.2, 0.25) is 10.0 Å². The van der Waals surface area contributed by atoms with Crippen LogP contribution in [0.15, 0.2) is 29.2 Å². The molecule has 0 aliphatic heterocycles. The molecule has 15 heavy (non-hydrogen) atoms. The van der Waals surface area contributed by atoms with Crippen LogP contribution in [0.25, 0.3) is 0 Å². The van der Waals surface area contributed by atoms with Gasteiger partial charge in [-0.15, -0.1) is 0 Å². The molecule has 0 spiro atoms. The Morgan fingerprint density at radius 1 is 1.33 bits per heavy atom. The molecular weight excluding hydrogens is 212 g/mol. The minimum absolute atomic E-state index is 0.165. The molecular formula is C10H16N2O2S. The first-order valence-electron chi connectivity index (χ1n) is 4.64. The molecule has 0 saturated carbocycles. The summed E-state index contributed by atoms with van der Waals surface area (Å²) in [6.07, 6.45) is 0. The van der Waals surface area contributed by atoms with E-state index < -0.39 is 10.0 Å². The summed E-state index contributed by atoms with van der Waals surface area (Å²) in [5, 5.41) is 0. The Labute approximate surface area is 90.8 Å². The lowest BCUT2D eigenvalue weighted by molar-refractivity contribution is 0.520. The number of rotatable bonds is 3. The summed E-state index contributed by atoms with van der Waals surface area (Å²) in [5.41, 5.74) is 6.51. The van der Waals surface area contributed by atoms with Crippen LogP contribution in [0.4, 0.5) is 0 Å². The maximum Gasteiger partial charge on any atom is 0.242 e. The molecule has 0 amide bonds. The van der Waals surface area contributed by atoms with E-state index in [0.29, 0.717) is 0 Å². The van der Waals surface area contributed by atoms with Crippen molar-refractivity contribution in [1.82, 2.24) is 4.31 Å². The fourth-order valence-corrected chi connectivity index (χ4v) is 2.13. The number of hydrogen-bond donors (Lipinski definition) is 1. The van der Waals surface area contributed by atoms with Gasteiger partial charge in [0.25, 0.3) is 0 Å². The molecule has 2 N–H and O–H groups in total. The molecule has 1 unspecified atom stereocenters. The predicted octanol–water partition coefficient (Wildman–Crippen LogP) is 0.957. The smallest absolute Gasteiger partial charge is 0.242 e. The molecule has 0 bridgehead atoms. The summed E-state index contributed by atoms with van der Waals surface area (Å²) >= 11 is 0. The highest BCUT2D eigenvalue weighted by molar-refractivity contribution is 7.89. The van der Waals surface area contributed by atoms with Crippen molar-refractivity contribution in [3.63, 3.8) is 0 Å². The Morgan fingerprint density at radius 3 is 2.40 bits per heavy atom. The largest absolute Gasteiger partial charge is 0.324 e. The third-order valence-electron chi connectivity index (χ3n) is 2.16. The first-order valence-corrected chi connectivity index (χ1v) is 6.08. The van der Waals surface area contributed by atoms with Crippen LogP contribution in [-0.2, 0) is 10.0 Å². The summed E-state index contributed by atoms with van der Waals surface area (Å²) in [5.74, 6) is 0. The van der Waals surface area contributed by atoms with E-state index in [9.17, 15) is 8.42 Å². The van der Waals surface area contributed by atoms with Crippen LogP contribution in [0.5, 0.6) is 0 Å². The lowest BCUT2D eigenvalue weighted by Crippen LogP contribution is -2.22. The van der Waals surface area contributed by atoms with Crippen molar-refractivity contribution in [3.8, 4) is 0 Å². The summed E-state index contributed by atoms with van der Waals surface area (Å²) in [4.78, 5) is 0.280. The zero-order chi connectivity index (χ0) is 11.6. The molecule has 1 rings (SSSR count). The maximum absolute atomic E-state index is 11.8. The van der Waals surface area contributed by atoms with Gasteiger partial charge >= 0.3 is 0 Å². The summed E-state index contributed by atoms with van der Waals surface area (Å²) in [7, 11) is -0.340. The van der Waals surface area contributed by atoms with Gasteiger partial charge in [-0.1, -0.05) is 12.1 Å². The zero-order valence-corrected chi connectivity index (χ0v) is 9.95. The molecule has 0 aliphatic carbocycles. The number of nitrogens with zero attached hydrogens (tertiary/aromatic N) is 1. The standard InChI is InChI=1S/C10H16N2O2S/c1-8(11)9-5-4-6-10(7-9)15(13,14)12(2)3/h4-8H,11H2,1-3H3. The normalized spacial score (nSPS) is 14.2. The van der Waals surface area contributed by atoms with Gasteiger partial charge in [-0.3, -0.25) is 0 Å². The van der Waals surface area contributed by atoms with Gasteiger partial charge in [0.15, 0.2) is 0 Å². The highest BCUT2D eigenvalue weighted by Crippen LogP contribution is 2.17. The first kappa shape index (κ1) is 12.2. The summed E-state index contributed by atoms with van der Waals surface area (Å²) in [6, 6.07) is 6.54. The van der Waals surface area contributed by atoms with E-state index in [2.05, 4.69) is 0 Å². The van der Waals surface area contributed by atoms with Crippen molar-refractivity contribution in [2.45, 2.75) is 17.9 Å². The minimum Gasteiger partial charge on any atom is -0.324 e. The van der Waals surface area contributed by atoms with Crippen LogP contribution in [-0.4, -0.2) is 26.8 Å². The Bertz CT molecular complexity index is 438. The van der Waals surface area contributed by atoms with Crippen LogP contribution in [0, 0.1) is 0 Å². The van der Waals surface area contributed by atoms with Crippen molar-refractivity contribution in [2.75, 3.05) is 14.1 Å². The molecule has 1 aromatic rings. The van der Waals surface area contributed by atoms with Gasteiger partial charge in [0.05, 0.1) is 4.90 Å². The van der Waals surface area contributed by atoms with E-state index >= 15 is 0 Å². The summed E-state index contributed by atoms with van der Waals surface area (Å²) in [6.45, 7) is 1.82. The van der Waals surface area contributed by atoms with Gasteiger partial charge in [0, 0.05) is 20.1 Å². The third kappa shape index (κ3) is 2.56. The predicted molar refractivity (Wildman–Crippen MR) is 59.9 cm³/mol. The molecule has 0 fully saturated rings. The monoisotopic (exact) mass is 228 g/mol. The lowest BCUT2D eigenvalue weighted by Gasteiger charge is -2.13. The molecule has 84 valence electrons. The molecule has 0 heterocycles. The molecule has 4 nitrogen and oxygen atoms in total. The van der Waals surface area contributed by atoms with Gasteiger partial charge in [0.1, 0.15) is 0 Å². The highest BCUT2D eigenvalue weighted by Gasteiger charge is 2.17. The average Bonchev–Trinajstić information content (AvgIpc) is 2.17. The number of sulfonamides is 1. The molecule has 0 aliphatic rings. The minimum atomic E-state index is -3.36. The first-order chi connectivity index (χ1) is 6.85. The fourth-order valence-electron chi connectivity index (χ4n) is 1.17. The van der Waals surface area contributed by atoms with Crippen LogP contribution >= 0.6 is 0 Å².